The van der Waals surface area contributed by atoms with Gasteiger partial charge in [0.2, 0.25) is 0 Å². The molecule has 2 aromatic heterocycles. The van der Waals surface area contributed by atoms with Crippen LogP contribution >= 0.6 is 0 Å². The molecule has 0 bridgehead atoms. The quantitative estimate of drug-likeness (QED) is 0.755. The maximum absolute atomic E-state index is 13.7. The van der Waals surface area contributed by atoms with Gasteiger partial charge in [-0.25, -0.2) is 9.37 Å². The monoisotopic (exact) mass is 381 g/mol. The first-order valence-corrected chi connectivity index (χ1v) is 9.63. The van der Waals surface area contributed by atoms with Crippen LogP contribution < -0.4 is 5.32 Å². The van der Waals surface area contributed by atoms with Crippen LogP contribution in [-0.4, -0.2) is 44.5 Å². The number of carbonyl (C=O) groups excluding carboxylic acids is 1. The van der Waals surface area contributed by atoms with Crippen molar-refractivity contribution in [3.05, 3.63) is 60.1 Å². The summed E-state index contributed by atoms with van der Waals surface area (Å²) in [4.78, 5) is 22.7. The Morgan fingerprint density at radius 1 is 1.29 bits per heavy atom. The second-order valence-corrected chi connectivity index (χ2v) is 7.39. The molecule has 28 heavy (non-hydrogen) atoms. The summed E-state index contributed by atoms with van der Waals surface area (Å²) in [5, 5.41) is 4.05. The number of hydrogen-bond acceptors (Lipinski definition) is 4. The van der Waals surface area contributed by atoms with Crippen molar-refractivity contribution in [3.63, 3.8) is 0 Å². The lowest BCUT2D eigenvalue weighted by molar-refractivity contribution is 0.0927. The van der Waals surface area contributed by atoms with Gasteiger partial charge in [-0.15, -0.1) is 0 Å². The minimum absolute atomic E-state index is 0.129. The van der Waals surface area contributed by atoms with E-state index in [9.17, 15) is 9.18 Å². The molecule has 4 rings (SSSR count). The van der Waals surface area contributed by atoms with E-state index in [1.165, 1.54) is 18.5 Å². The zero-order chi connectivity index (χ0) is 19.5. The van der Waals surface area contributed by atoms with E-state index < -0.39 is 0 Å². The Labute approximate surface area is 163 Å². The molecule has 0 aliphatic carbocycles. The van der Waals surface area contributed by atoms with E-state index in [2.05, 4.69) is 26.4 Å². The number of hydrogen-bond donors (Lipinski definition) is 1. The van der Waals surface area contributed by atoms with Crippen LogP contribution in [0, 0.1) is 5.82 Å². The smallest absolute Gasteiger partial charge is 0.271 e. The molecular weight excluding hydrogens is 357 g/mol. The Balaban J connectivity index is 1.39. The molecule has 1 atom stereocenters. The molecule has 0 spiro atoms. The van der Waals surface area contributed by atoms with Gasteiger partial charge in [0.05, 0.1) is 6.20 Å². The number of nitrogens with one attached hydrogen (secondary N) is 1. The molecule has 1 aromatic carbocycles. The molecule has 1 aliphatic rings. The third-order valence-electron chi connectivity index (χ3n) is 5.38. The molecule has 1 amide bonds. The second-order valence-electron chi connectivity index (χ2n) is 7.39. The highest BCUT2D eigenvalue weighted by Gasteiger charge is 2.21. The van der Waals surface area contributed by atoms with Crippen LogP contribution in [0.1, 0.15) is 35.3 Å². The van der Waals surface area contributed by atoms with E-state index in [-0.39, 0.29) is 17.8 Å². The molecule has 146 valence electrons. The molecule has 7 heteroatoms. The molecule has 1 aliphatic heterocycles. The Morgan fingerprint density at radius 3 is 3.00 bits per heavy atom. The number of amides is 1. The zero-order valence-electron chi connectivity index (χ0n) is 15.9. The van der Waals surface area contributed by atoms with Gasteiger partial charge in [0, 0.05) is 55.7 Å². The van der Waals surface area contributed by atoms with Crippen LogP contribution in [-0.2, 0) is 13.6 Å². The molecule has 1 N–H and O–H groups in total. The number of likely N-dealkylation sites (tertiary alicyclic amines) is 1. The largest absolute Gasteiger partial charge is 0.350 e. The Morgan fingerprint density at radius 2 is 2.18 bits per heavy atom. The van der Waals surface area contributed by atoms with E-state index >= 15 is 0 Å². The summed E-state index contributed by atoms with van der Waals surface area (Å²) < 4.78 is 15.8. The number of aryl methyl sites for hydroxylation is 1. The number of benzene rings is 1. The Kier molecular flexibility index (Phi) is 5.34. The van der Waals surface area contributed by atoms with E-state index in [0.717, 1.165) is 55.4 Å². The predicted octanol–water partition coefficient (Wildman–Crippen LogP) is 2.89. The van der Waals surface area contributed by atoms with Crippen LogP contribution in [0.4, 0.5) is 4.39 Å². The van der Waals surface area contributed by atoms with Crippen molar-refractivity contribution < 1.29 is 9.18 Å². The average Bonchev–Trinajstić information content (AvgIpc) is 2.86. The third-order valence-corrected chi connectivity index (χ3v) is 5.38. The summed E-state index contributed by atoms with van der Waals surface area (Å²) in [7, 11) is 1.99. The zero-order valence-corrected chi connectivity index (χ0v) is 15.9. The minimum atomic E-state index is -0.206. The number of halogens is 1. The van der Waals surface area contributed by atoms with Crippen molar-refractivity contribution in [1.82, 2.24) is 24.8 Å². The Hall–Kier alpha value is -2.80. The normalized spacial score (nSPS) is 18.1. The summed E-state index contributed by atoms with van der Waals surface area (Å²) in [5.74, 6) is -0.376. The predicted molar refractivity (Wildman–Crippen MR) is 105 cm³/mol. The maximum atomic E-state index is 13.7. The molecule has 1 fully saturated rings. The van der Waals surface area contributed by atoms with Gasteiger partial charge in [0.15, 0.2) is 0 Å². The van der Waals surface area contributed by atoms with E-state index in [1.54, 1.807) is 12.3 Å². The van der Waals surface area contributed by atoms with Gasteiger partial charge < -0.3 is 9.88 Å². The van der Waals surface area contributed by atoms with Crippen LogP contribution in [0.3, 0.4) is 0 Å². The minimum Gasteiger partial charge on any atom is -0.350 e. The summed E-state index contributed by atoms with van der Waals surface area (Å²) in [6.07, 6.45) is 9.47. The number of fused-ring (bicyclic) bond motifs is 1. The first kappa shape index (κ1) is 18.6. The van der Waals surface area contributed by atoms with Gasteiger partial charge in [-0.2, -0.15) is 0 Å². The first-order valence-electron chi connectivity index (χ1n) is 9.63. The van der Waals surface area contributed by atoms with Crippen molar-refractivity contribution in [2.45, 2.75) is 31.8 Å². The first-order chi connectivity index (χ1) is 13.6. The fraction of sp³-hybridized carbons (Fsp3) is 0.381. The van der Waals surface area contributed by atoms with Crippen molar-refractivity contribution in [3.8, 4) is 0 Å². The second kappa shape index (κ2) is 8.06. The van der Waals surface area contributed by atoms with Crippen molar-refractivity contribution in [1.29, 1.82) is 0 Å². The lowest BCUT2D eigenvalue weighted by Crippen LogP contribution is -2.36. The van der Waals surface area contributed by atoms with Crippen molar-refractivity contribution in [2.75, 3.05) is 13.1 Å². The van der Waals surface area contributed by atoms with E-state index in [0.29, 0.717) is 5.69 Å². The maximum Gasteiger partial charge on any atom is 0.271 e. The van der Waals surface area contributed by atoms with Crippen LogP contribution in [0.15, 0.2) is 43.0 Å². The van der Waals surface area contributed by atoms with Gasteiger partial charge in [-0.05, 0) is 49.6 Å². The highest BCUT2D eigenvalue weighted by atomic mass is 19.1. The molecule has 1 saturated heterocycles. The molecule has 0 saturated carbocycles. The van der Waals surface area contributed by atoms with Gasteiger partial charge in [0.25, 0.3) is 5.91 Å². The van der Waals surface area contributed by atoms with Crippen LogP contribution in [0.2, 0.25) is 0 Å². The highest BCUT2D eigenvalue weighted by molar-refractivity contribution is 5.92. The summed E-state index contributed by atoms with van der Waals surface area (Å²) in [6, 6.07) is 5.08. The van der Waals surface area contributed by atoms with Crippen molar-refractivity contribution in [2.24, 2.45) is 7.05 Å². The molecule has 3 heterocycles. The number of rotatable bonds is 4. The SMILES string of the molecule is Cn1cc(CN2CCCC(NC(=O)c3cnccn3)CC2)c2cc(F)ccc21. The number of aromatic nitrogens is 3. The Bertz CT molecular complexity index is 972. The topological polar surface area (TPSA) is 63.0 Å². The molecular formula is C21H24FN5O. The van der Waals surface area contributed by atoms with Gasteiger partial charge in [-0.1, -0.05) is 0 Å². The summed E-state index contributed by atoms with van der Waals surface area (Å²) in [6.45, 7) is 2.63. The molecule has 3 aromatic rings. The molecule has 6 nitrogen and oxygen atoms in total. The fourth-order valence-electron chi connectivity index (χ4n) is 3.95. The van der Waals surface area contributed by atoms with Crippen molar-refractivity contribution >= 4 is 16.8 Å². The molecule has 0 radical (unpaired) electrons. The van der Waals surface area contributed by atoms with E-state index in [1.807, 2.05) is 17.7 Å². The lowest BCUT2D eigenvalue weighted by atomic mass is 10.1. The van der Waals surface area contributed by atoms with Crippen LogP contribution in [0.5, 0.6) is 0 Å². The highest BCUT2D eigenvalue weighted by Crippen LogP contribution is 2.24. The van der Waals surface area contributed by atoms with Gasteiger partial charge in [-0.3, -0.25) is 14.7 Å². The van der Waals surface area contributed by atoms with Gasteiger partial charge >= 0.3 is 0 Å². The summed E-state index contributed by atoms with van der Waals surface area (Å²) >= 11 is 0. The standard InChI is InChI=1S/C21H24FN5O/c1-26-13-15(18-11-16(22)4-5-20(18)26)14-27-9-2-3-17(6-10-27)25-21(28)19-12-23-7-8-24-19/h4-5,7-8,11-13,17H,2-3,6,9-10,14H2,1H3,(H,25,28). The lowest BCUT2D eigenvalue weighted by Gasteiger charge is -2.20. The molecule has 1 unspecified atom stereocenters. The average molecular weight is 381 g/mol. The summed E-state index contributed by atoms with van der Waals surface area (Å²) in [5.41, 5.74) is 2.53. The number of nitrogens with zero attached hydrogens (tertiary/aromatic N) is 4. The van der Waals surface area contributed by atoms with Gasteiger partial charge in [0.1, 0.15) is 11.5 Å². The third kappa shape index (κ3) is 4.04. The fourth-order valence-corrected chi connectivity index (χ4v) is 3.95. The van der Waals surface area contributed by atoms with Crippen LogP contribution in [0.25, 0.3) is 10.9 Å². The van der Waals surface area contributed by atoms with E-state index in [4.69, 9.17) is 0 Å². The number of carbonyl (C=O) groups is 1.